The van der Waals surface area contributed by atoms with Crippen molar-refractivity contribution in [1.29, 1.82) is 0 Å². The number of hydrogen-bond acceptors (Lipinski definition) is 15. The van der Waals surface area contributed by atoms with Crippen LogP contribution in [-0.4, -0.2) is 152 Å². The highest BCUT2D eigenvalue weighted by Crippen LogP contribution is 2.40. The van der Waals surface area contributed by atoms with E-state index in [0.29, 0.717) is 80.4 Å². The van der Waals surface area contributed by atoms with E-state index in [0.717, 1.165) is 77.7 Å². The molecule has 0 radical (unpaired) electrons. The molecule has 5 aromatic rings. The second-order valence-corrected chi connectivity index (χ2v) is 20.8. The summed E-state index contributed by atoms with van der Waals surface area (Å²) in [7, 11) is -1.81. The molecule has 2 aromatic heterocycles. The van der Waals surface area contributed by atoms with Crippen molar-refractivity contribution in [2.24, 2.45) is 5.92 Å². The topological polar surface area (TPSA) is 226 Å². The highest BCUT2D eigenvalue weighted by molar-refractivity contribution is 7.92. The number of piperazine rings is 1. The van der Waals surface area contributed by atoms with E-state index < -0.39 is 39.7 Å². The normalized spacial score (nSPS) is 21.1. The van der Waals surface area contributed by atoms with E-state index in [-0.39, 0.29) is 35.8 Å². The van der Waals surface area contributed by atoms with Crippen molar-refractivity contribution in [3.05, 3.63) is 83.6 Å². The molecule has 5 amide bonds. The molecule has 0 bridgehead atoms. The fourth-order valence-corrected chi connectivity index (χ4v) is 12.1. The molecule has 8 heterocycles. The summed E-state index contributed by atoms with van der Waals surface area (Å²) in [5, 5.41) is 9.75. The largest absolute Gasteiger partial charge is 0.495 e. The summed E-state index contributed by atoms with van der Waals surface area (Å²) in [6, 6.07) is 18.1. The third-order valence-corrected chi connectivity index (χ3v) is 15.9. The maximum Gasteiger partial charge on any atom is 0.262 e. The average molecular weight is 971 g/mol. The summed E-state index contributed by atoms with van der Waals surface area (Å²) in [4.78, 5) is 87.4. The second-order valence-electron chi connectivity index (χ2n) is 18.9. The zero-order valence-corrected chi connectivity index (χ0v) is 39.8. The van der Waals surface area contributed by atoms with Gasteiger partial charge in [0.2, 0.25) is 33.7 Å². The predicted molar refractivity (Wildman–Crippen MR) is 263 cm³/mol. The lowest BCUT2D eigenvalue weighted by atomic mass is 10.0. The Morgan fingerprint density at radius 1 is 0.800 bits per heavy atom. The van der Waals surface area contributed by atoms with E-state index in [1.807, 2.05) is 41.3 Å². The van der Waals surface area contributed by atoms with Crippen molar-refractivity contribution in [2.45, 2.75) is 50.6 Å². The molecule has 0 aliphatic carbocycles. The van der Waals surface area contributed by atoms with Crippen LogP contribution in [-0.2, 0) is 30.8 Å². The van der Waals surface area contributed by atoms with Gasteiger partial charge in [0.25, 0.3) is 11.8 Å². The quantitative estimate of drug-likeness (QED) is 0.138. The van der Waals surface area contributed by atoms with Gasteiger partial charge >= 0.3 is 0 Å². The molecule has 6 aliphatic heterocycles. The molecule has 0 saturated carbocycles. The minimum atomic E-state index is -3.47. The Hall–Kier alpha value is -7.26. The molecule has 364 valence electrons. The van der Waals surface area contributed by atoms with Gasteiger partial charge in [0, 0.05) is 95.0 Å². The van der Waals surface area contributed by atoms with E-state index >= 15 is 0 Å². The Morgan fingerprint density at radius 3 is 2.36 bits per heavy atom. The highest BCUT2D eigenvalue weighted by atomic mass is 32.2. The third kappa shape index (κ3) is 8.29. The first-order chi connectivity index (χ1) is 33.8. The van der Waals surface area contributed by atoms with E-state index in [9.17, 15) is 32.4 Å². The van der Waals surface area contributed by atoms with E-state index in [1.165, 1.54) is 10.6 Å². The monoisotopic (exact) mass is 970 g/mol. The molecule has 11 rings (SSSR count). The molecular formula is C49H54N12O8S. The third-order valence-electron chi connectivity index (χ3n) is 14.7. The Morgan fingerprint density at radius 2 is 1.59 bits per heavy atom. The number of carbonyl (C=O) groups excluding carboxylic acids is 5. The molecule has 3 aromatic carbocycles. The van der Waals surface area contributed by atoms with Gasteiger partial charge in [-0.2, -0.15) is 9.97 Å². The van der Waals surface area contributed by atoms with Crippen LogP contribution in [0.15, 0.2) is 66.9 Å². The van der Waals surface area contributed by atoms with Crippen LogP contribution in [0.3, 0.4) is 0 Å². The molecule has 4 N–H and O–H groups in total. The van der Waals surface area contributed by atoms with Gasteiger partial charge in [-0.1, -0.05) is 12.1 Å². The molecule has 2 unspecified atom stereocenters. The Bertz CT molecular complexity index is 3070. The number of nitrogens with zero attached hydrogens (tertiary/aromatic N) is 8. The number of sulfonamides is 1. The van der Waals surface area contributed by atoms with Crippen molar-refractivity contribution in [3.63, 3.8) is 0 Å². The lowest BCUT2D eigenvalue weighted by Gasteiger charge is -2.43. The number of benzene rings is 3. The Kier molecular flexibility index (Phi) is 11.6. The van der Waals surface area contributed by atoms with Crippen molar-refractivity contribution in [2.75, 3.05) is 97.0 Å². The van der Waals surface area contributed by atoms with Gasteiger partial charge in [-0.15, -0.1) is 0 Å². The Labute approximate surface area is 404 Å². The zero-order chi connectivity index (χ0) is 48.4. The molecule has 70 heavy (non-hydrogen) atoms. The van der Waals surface area contributed by atoms with Crippen molar-refractivity contribution in [1.82, 2.24) is 35.0 Å². The summed E-state index contributed by atoms with van der Waals surface area (Å²) in [5.74, 6) is -0.580. The number of aromatic amines is 1. The van der Waals surface area contributed by atoms with Crippen LogP contribution in [0, 0.1) is 5.92 Å². The molecular weight excluding hydrogens is 917 g/mol. The maximum absolute atomic E-state index is 13.9. The number of methoxy groups -OCH3 is 1. The second kappa shape index (κ2) is 17.9. The highest BCUT2D eigenvalue weighted by Gasteiger charge is 2.45. The fourth-order valence-electron chi connectivity index (χ4n) is 11.1. The van der Waals surface area contributed by atoms with Crippen LogP contribution >= 0.6 is 0 Å². The molecule has 4 saturated heterocycles. The summed E-state index contributed by atoms with van der Waals surface area (Å²) < 4.78 is 32.7. The van der Waals surface area contributed by atoms with Gasteiger partial charge in [0.05, 0.1) is 52.9 Å². The SMILES string of the molecule is COc1cc(Nc2nc(Nc3cccc4c3N(S(C)(=O)=O)CC4)c3cc[nH]c3n2)ccc1N1CCC(N2CCN(C(=O)C3CCN(c4ccc5c(c4)C(=O)N(C4CCC(=O)NC4=O)C5=O)C3)CC2)CC1. The minimum Gasteiger partial charge on any atom is -0.495 e. The van der Waals surface area contributed by atoms with Crippen LogP contribution < -0.4 is 34.8 Å². The summed E-state index contributed by atoms with van der Waals surface area (Å²) in [5.41, 5.74) is 5.81. The standard InChI is InChI=1S/C49H54N12O8S/c1-69-40-26-31(51-49-54-43-35(12-17-50-43)44(55-49)52-37-5-3-4-29-14-21-60(42(29)37)70(2,67)68)6-9-38(40)57-19-15-32(16-20-57)56-22-24-58(25-23-56)46(64)30-13-18-59(28-30)33-7-8-34-36(27-33)48(66)61(47(34)65)39-10-11-41(62)53-45(39)63/h3-9,12,17,26-27,30,32,39H,10-11,13-16,18-25,28H2,1-2H3,(H,53,62,63)(H3,50,51,52,54,55). The van der Waals surface area contributed by atoms with Crippen LogP contribution in [0.25, 0.3) is 11.0 Å². The van der Waals surface area contributed by atoms with Crippen molar-refractivity contribution < 1.29 is 37.1 Å². The lowest BCUT2D eigenvalue weighted by molar-refractivity contribution is -0.137. The summed E-state index contributed by atoms with van der Waals surface area (Å²) >= 11 is 0. The van der Waals surface area contributed by atoms with E-state index in [2.05, 4.69) is 41.7 Å². The number of imide groups is 2. The number of anilines is 7. The molecule has 2 atom stereocenters. The summed E-state index contributed by atoms with van der Waals surface area (Å²) in [6.07, 6.45) is 6.44. The van der Waals surface area contributed by atoms with Gasteiger partial charge in [-0.3, -0.25) is 43.4 Å². The van der Waals surface area contributed by atoms with Gasteiger partial charge in [0.15, 0.2) is 0 Å². The number of aromatic nitrogens is 3. The number of fused-ring (bicyclic) bond motifs is 3. The molecule has 20 nitrogen and oxygen atoms in total. The number of rotatable bonds is 11. The number of hydrogen-bond donors (Lipinski definition) is 4. The average Bonchev–Trinajstić information content (AvgIpc) is 4.19. The van der Waals surface area contributed by atoms with Gasteiger partial charge in [-0.05, 0) is 80.1 Å². The number of H-pyrrole nitrogens is 1. The van der Waals surface area contributed by atoms with Crippen molar-refractivity contribution in [3.8, 4) is 5.75 Å². The van der Waals surface area contributed by atoms with E-state index in [4.69, 9.17) is 14.7 Å². The molecule has 4 fully saturated rings. The number of amides is 5. The van der Waals surface area contributed by atoms with Gasteiger partial charge in [-0.25, -0.2) is 8.42 Å². The van der Waals surface area contributed by atoms with Gasteiger partial charge < -0.3 is 35.1 Å². The predicted octanol–water partition coefficient (Wildman–Crippen LogP) is 3.82. The van der Waals surface area contributed by atoms with Crippen LogP contribution in [0.4, 0.5) is 40.2 Å². The minimum absolute atomic E-state index is 0.0594. The first-order valence-corrected chi connectivity index (χ1v) is 25.7. The maximum atomic E-state index is 13.9. The number of ether oxygens (including phenoxy) is 1. The molecule has 0 spiro atoms. The first-order valence-electron chi connectivity index (χ1n) is 23.9. The van der Waals surface area contributed by atoms with E-state index in [1.54, 1.807) is 31.5 Å². The molecule has 21 heteroatoms. The van der Waals surface area contributed by atoms with Crippen LogP contribution in [0.2, 0.25) is 0 Å². The number of para-hydroxylation sites is 1. The number of piperidine rings is 2. The van der Waals surface area contributed by atoms with Crippen molar-refractivity contribution >= 4 is 90.8 Å². The smallest absolute Gasteiger partial charge is 0.262 e. The Balaban J connectivity index is 0.677. The molecule has 6 aliphatic rings. The van der Waals surface area contributed by atoms with Gasteiger partial charge in [0.1, 0.15) is 23.3 Å². The van der Waals surface area contributed by atoms with Crippen LogP contribution in [0.5, 0.6) is 5.75 Å². The first kappa shape index (κ1) is 45.2. The lowest BCUT2D eigenvalue weighted by Crippen LogP contribution is -2.55. The fraction of sp³-hybridized carbons (Fsp3) is 0.408. The zero-order valence-electron chi connectivity index (χ0n) is 38.9. The number of carbonyl (C=O) groups is 5. The number of nitrogens with one attached hydrogen (secondary N) is 4. The van der Waals surface area contributed by atoms with Crippen LogP contribution in [0.1, 0.15) is 58.4 Å². The summed E-state index contributed by atoms with van der Waals surface area (Å²) in [6.45, 7) is 6.18.